The highest BCUT2D eigenvalue weighted by atomic mass is 16.7. The predicted octanol–water partition coefficient (Wildman–Crippen LogP) is 1.33. The van der Waals surface area contributed by atoms with Crippen molar-refractivity contribution in [1.29, 1.82) is 0 Å². The van der Waals surface area contributed by atoms with Crippen LogP contribution in [0.3, 0.4) is 0 Å². The Bertz CT molecular complexity index is 327. The first-order valence-corrected chi connectivity index (χ1v) is 5.97. The van der Waals surface area contributed by atoms with Crippen molar-refractivity contribution in [3.63, 3.8) is 0 Å². The third-order valence-corrected chi connectivity index (χ3v) is 3.26. The average molecular weight is 219 g/mol. The fourth-order valence-corrected chi connectivity index (χ4v) is 2.42. The molecule has 0 saturated carbocycles. The maximum Gasteiger partial charge on any atom is 0.162 e. The van der Waals surface area contributed by atoms with Crippen LogP contribution in [-0.4, -0.2) is 31.6 Å². The molecule has 1 aromatic carbocycles. The maximum absolute atomic E-state index is 5.91. The summed E-state index contributed by atoms with van der Waals surface area (Å²) in [7, 11) is 0. The second-order valence-electron chi connectivity index (χ2n) is 4.46. The van der Waals surface area contributed by atoms with Gasteiger partial charge in [0.2, 0.25) is 0 Å². The number of fused-ring (bicyclic) bond motifs is 1. The number of benzene rings is 1. The Morgan fingerprint density at radius 1 is 1.12 bits per heavy atom. The van der Waals surface area contributed by atoms with Gasteiger partial charge in [-0.1, -0.05) is 30.3 Å². The van der Waals surface area contributed by atoms with E-state index in [1.54, 1.807) is 0 Å². The lowest BCUT2D eigenvalue weighted by atomic mass is 10.1. The van der Waals surface area contributed by atoms with Crippen molar-refractivity contribution in [2.45, 2.75) is 31.3 Å². The van der Waals surface area contributed by atoms with Crippen molar-refractivity contribution in [3.05, 3.63) is 35.9 Å². The van der Waals surface area contributed by atoms with Gasteiger partial charge in [0.15, 0.2) is 6.29 Å². The molecule has 2 aliphatic rings. The number of hydrogen-bond acceptors (Lipinski definition) is 3. The van der Waals surface area contributed by atoms with Gasteiger partial charge in [-0.15, -0.1) is 0 Å². The maximum atomic E-state index is 5.91. The van der Waals surface area contributed by atoms with Crippen molar-refractivity contribution in [2.75, 3.05) is 13.1 Å². The summed E-state index contributed by atoms with van der Waals surface area (Å²) < 4.78 is 11.8. The molecule has 0 bridgehead atoms. The van der Waals surface area contributed by atoms with E-state index < -0.39 is 0 Å². The van der Waals surface area contributed by atoms with Crippen molar-refractivity contribution >= 4 is 0 Å². The van der Waals surface area contributed by atoms with Crippen molar-refractivity contribution in [3.8, 4) is 0 Å². The molecule has 0 radical (unpaired) electrons. The van der Waals surface area contributed by atoms with Crippen LogP contribution in [0.15, 0.2) is 30.3 Å². The summed E-state index contributed by atoms with van der Waals surface area (Å²) in [5.74, 6) is 0. The van der Waals surface area contributed by atoms with Gasteiger partial charge < -0.3 is 14.8 Å². The first kappa shape index (κ1) is 10.3. The van der Waals surface area contributed by atoms with Gasteiger partial charge in [0.25, 0.3) is 0 Å². The molecule has 0 amide bonds. The number of ether oxygens (including phenoxy) is 2. The summed E-state index contributed by atoms with van der Waals surface area (Å²) in [5, 5.41) is 3.34. The monoisotopic (exact) mass is 219 g/mol. The van der Waals surface area contributed by atoms with Crippen LogP contribution in [0.1, 0.15) is 12.0 Å². The first-order chi connectivity index (χ1) is 7.92. The van der Waals surface area contributed by atoms with Gasteiger partial charge in [0.05, 0.1) is 12.2 Å². The second kappa shape index (κ2) is 4.53. The average Bonchev–Trinajstić information content (AvgIpc) is 2.72. The molecule has 16 heavy (non-hydrogen) atoms. The normalized spacial score (nSPS) is 33.6. The van der Waals surface area contributed by atoms with Crippen LogP contribution >= 0.6 is 0 Å². The van der Waals surface area contributed by atoms with E-state index in [-0.39, 0.29) is 12.4 Å². The Hall–Kier alpha value is -0.900. The first-order valence-electron chi connectivity index (χ1n) is 5.97. The Kier molecular flexibility index (Phi) is 2.91. The molecule has 0 aromatic heterocycles. The highest BCUT2D eigenvalue weighted by Crippen LogP contribution is 2.25. The molecular formula is C13H17NO2. The van der Waals surface area contributed by atoms with Crippen LogP contribution in [0, 0.1) is 0 Å². The topological polar surface area (TPSA) is 30.5 Å². The van der Waals surface area contributed by atoms with E-state index in [9.17, 15) is 0 Å². The van der Waals surface area contributed by atoms with Gasteiger partial charge in [0, 0.05) is 13.0 Å². The van der Waals surface area contributed by atoms with E-state index in [1.807, 2.05) is 6.07 Å². The van der Waals surface area contributed by atoms with Crippen LogP contribution in [-0.2, 0) is 15.9 Å². The zero-order valence-electron chi connectivity index (χ0n) is 9.26. The lowest BCUT2D eigenvalue weighted by Gasteiger charge is -2.22. The van der Waals surface area contributed by atoms with E-state index >= 15 is 0 Å². The smallest absolute Gasteiger partial charge is 0.162 e. The lowest BCUT2D eigenvalue weighted by molar-refractivity contribution is -0.0623. The van der Waals surface area contributed by atoms with Crippen LogP contribution in [0.25, 0.3) is 0 Å². The zero-order valence-corrected chi connectivity index (χ0v) is 9.26. The fourth-order valence-electron chi connectivity index (χ4n) is 2.42. The molecular weight excluding hydrogens is 202 g/mol. The third kappa shape index (κ3) is 2.12. The Morgan fingerprint density at radius 3 is 2.75 bits per heavy atom. The molecule has 3 nitrogen and oxygen atoms in total. The molecule has 2 aliphatic heterocycles. The molecule has 2 fully saturated rings. The Labute approximate surface area is 95.8 Å². The molecule has 1 aromatic rings. The molecule has 0 aliphatic carbocycles. The quantitative estimate of drug-likeness (QED) is 0.814. The van der Waals surface area contributed by atoms with E-state index in [2.05, 4.69) is 29.6 Å². The van der Waals surface area contributed by atoms with E-state index in [1.165, 1.54) is 5.56 Å². The minimum absolute atomic E-state index is 0.0581. The van der Waals surface area contributed by atoms with E-state index in [0.29, 0.717) is 6.10 Å². The molecule has 86 valence electrons. The zero-order chi connectivity index (χ0) is 10.8. The number of piperidine rings is 1. The SMILES string of the molecule is c1ccc(CC2OC3CCNCC3O2)cc1. The summed E-state index contributed by atoms with van der Waals surface area (Å²) in [6.45, 7) is 1.97. The van der Waals surface area contributed by atoms with Crippen LogP contribution in [0.2, 0.25) is 0 Å². The van der Waals surface area contributed by atoms with Crippen molar-refractivity contribution < 1.29 is 9.47 Å². The number of rotatable bonds is 2. The minimum atomic E-state index is -0.0581. The molecule has 3 rings (SSSR count). The van der Waals surface area contributed by atoms with E-state index in [0.717, 1.165) is 25.9 Å². The molecule has 0 spiro atoms. The van der Waals surface area contributed by atoms with Gasteiger partial charge in [-0.3, -0.25) is 0 Å². The molecule has 3 heteroatoms. The summed E-state index contributed by atoms with van der Waals surface area (Å²) >= 11 is 0. The van der Waals surface area contributed by atoms with Gasteiger partial charge in [-0.25, -0.2) is 0 Å². The summed E-state index contributed by atoms with van der Waals surface area (Å²) in [6, 6.07) is 10.4. The van der Waals surface area contributed by atoms with Gasteiger partial charge in [-0.05, 0) is 18.5 Å². The van der Waals surface area contributed by atoms with Crippen molar-refractivity contribution in [2.24, 2.45) is 0 Å². The van der Waals surface area contributed by atoms with Crippen molar-refractivity contribution in [1.82, 2.24) is 5.32 Å². The number of nitrogens with one attached hydrogen (secondary N) is 1. The van der Waals surface area contributed by atoms with E-state index in [4.69, 9.17) is 9.47 Å². The van der Waals surface area contributed by atoms with Gasteiger partial charge >= 0.3 is 0 Å². The fraction of sp³-hybridized carbons (Fsp3) is 0.538. The summed E-state index contributed by atoms with van der Waals surface area (Å²) in [5.41, 5.74) is 1.28. The molecule has 2 saturated heterocycles. The summed E-state index contributed by atoms with van der Waals surface area (Å²) in [4.78, 5) is 0. The van der Waals surface area contributed by atoms with Crippen LogP contribution in [0.5, 0.6) is 0 Å². The Balaban J connectivity index is 1.61. The molecule has 2 heterocycles. The third-order valence-electron chi connectivity index (χ3n) is 3.26. The number of hydrogen-bond donors (Lipinski definition) is 1. The summed E-state index contributed by atoms with van der Waals surface area (Å²) in [6.07, 6.45) is 2.42. The van der Waals surface area contributed by atoms with Crippen LogP contribution < -0.4 is 5.32 Å². The highest BCUT2D eigenvalue weighted by Gasteiger charge is 2.37. The largest absolute Gasteiger partial charge is 0.346 e. The standard InChI is InChI=1S/C13H17NO2/c1-2-4-10(5-3-1)8-13-15-11-6-7-14-9-12(11)16-13/h1-5,11-14H,6-9H2. The molecule has 3 unspecified atom stereocenters. The molecule has 1 N–H and O–H groups in total. The minimum Gasteiger partial charge on any atom is -0.346 e. The predicted molar refractivity (Wildman–Crippen MR) is 61.2 cm³/mol. The molecule has 3 atom stereocenters. The second-order valence-corrected chi connectivity index (χ2v) is 4.46. The van der Waals surface area contributed by atoms with Gasteiger partial charge in [0.1, 0.15) is 0 Å². The Morgan fingerprint density at radius 2 is 1.94 bits per heavy atom. The van der Waals surface area contributed by atoms with Crippen LogP contribution in [0.4, 0.5) is 0 Å². The highest BCUT2D eigenvalue weighted by molar-refractivity contribution is 5.15. The lowest BCUT2D eigenvalue weighted by Crippen LogP contribution is -2.41. The van der Waals surface area contributed by atoms with Gasteiger partial charge in [-0.2, -0.15) is 0 Å².